The first-order valence-corrected chi connectivity index (χ1v) is 9.50. The van der Waals surface area contributed by atoms with Crippen molar-refractivity contribution in [1.29, 1.82) is 0 Å². The summed E-state index contributed by atoms with van der Waals surface area (Å²) in [7, 11) is 1.98. The van der Waals surface area contributed by atoms with E-state index in [1.807, 2.05) is 31.3 Å². The fourth-order valence-electron chi connectivity index (χ4n) is 3.09. The van der Waals surface area contributed by atoms with Crippen molar-refractivity contribution in [2.45, 2.75) is 26.6 Å². The van der Waals surface area contributed by atoms with E-state index in [1.54, 1.807) is 22.2 Å². The standard InChI is InChI=1S/C19H21N3O3S/c1-3-14-9-15-18(26-14)20-11-22(19(15)23)12-21(2)10-13-4-5-16-17(8-13)25-7-6-24-16/h4-5,8-9,11H,3,6-7,10,12H2,1-2H3. The van der Waals surface area contributed by atoms with Crippen LogP contribution >= 0.6 is 11.3 Å². The maximum atomic E-state index is 12.7. The first-order chi connectivity index (χ1) is 12.6. The van der Waals surface area contributed by atoms with E-state index in [9.17, 15) is 4.79 Å². The summed E-state index contributed by atoms with van der Waals surface area (Å²) in [5, 5.41) is 0.710. The van der Waals surface area contributed by atoms with E-state index in [1.165, 1.54) is 4.88 Å². The molecule has 0 fully saturated rings. The third-order valence-corrected chi connectivity index (χ3v) is 5.56. The minimum absolute atomic E-state index is 0.0139. The van der Waals surface area contributed by atoms with Gasteiger partial charge in [-0.25, -0.2) is 4.98 Å². The van der Waals surface area contributed by atoms with Crippen LogP contribution in [0.1, 0.15) is 17.4 Å². The number of aryl methyl sites for hydroxylation is 1. The molecule has 0 amide bonds. The highest BCUT2D eigenvalue weighted by molar-refractivity contribution is 7.18. The summed E-state index contributed by atoms with van der Waals surface area (Å²) in [5.41, 5.74) is 1.13. The summed E-state index contributed by atoms with van der Waals surface area (Å²) < 4.78 is 12.9. The van der Waals surface area contributed by atoms with Crippen molar-refractivity contribution in [3.63, 3.8) is 0 Å². The molecule has 3 aromatic rings. The summed E-state index contributed by atoms with van der Waals surface area (Å²) >= 11 is 1.59. The Balaban J connectivity index is 1.51. The van der Waals surface area contributed by atoms with Crippen LogP contribution in [0, 0.1) is 0 Å². The summed E-state index contributed by atoms with van der Waals surface area (Å²) in [4.78, 5) is 21.2. The number of ether oxygens (including phenoxy) is 2. The maximum Gasteiger partial charge on any atom is 0.263 e. The fourth-order valence-corrected chi connectivity index (χ4v) is 4.02. The van der Waals surface area contributed by atoms with Crippen molar-refractivity contribution in [2.75, 3.05) is 20.3 Å². The zero-order valence-corrected chi connectivity index (χ0v) is 15.7. The van der Waals surface area contributed by atoms with Crippen LogP contribution < -0.4 is 15.0 Å². The lowest BCUT2D eigenvalue weighted by atomic mass is 10.2. The monoisotopic (exact) mass is 371 g/mol. The molecule has 0 saturated carbocycles. The number of hydrogen-bond donors (Lipinski definition) is 0. The SMILES string of the molecule is CCc1cc2c(=O)n(CN(C)Cc3ccc4c(c3)OCCO4)cnc2s1. The molecule has 3 heterocycles. The highest BCUT2D eigenvalue weighted by Gasteiger charge is 2.13. The Kier molecular flexibility index (Phi) is 4.65. The van der Waals surface area contributed by atoms with Gasteiger partial charge >= 0.3 is 0 Å². The number of benzene rings is 1. The fraction of sp³-hybridized carbons (Fsp3) is 0.368. The number of rotatable bonds is 5. The lowest BCUT2D eigenvalue weighted by Crippen LogP contribution is -2.29. The van der Waals surface area contributed by atoms with Gasteiger partial charge in [-0.1, -0.05) is 13.0 Å². The van der Waals surface area contributed by atoms with Gasteiger partial charge in [0.2, 0.25) is 0 Å². The Morgan fingerprint density at radius 3 is 2.85 bits per heavy atom. The molecule has 0 radical (unpaired) electrons. The third kappa shape index (κ3) is 3.32. The predicted octanol–water partition coefficient (Wildman–Crippen LogP) is 2.88. The zero-order valence-electron chi connectivity index (χ0n) is 14.9. The van der Waals surface area contributed by atoms with Crippen molar-refractivity contribution >= 4 is 21.6 Å². The average Bonchev–Trinajstić information content (AvgIpc) is 3.08. The van der Waals surface area contributed by atoms with Gasteiger partial charge in [0.1, 0.15) is 24.4 Å². The summed E-state index contributed by atoms with van der Waals surface area (Å²) in [5.74, 6) is 1.57. The van der Waals surface area contributed by atoms with E-state index in [4.69, 9.17) is 9.47 Å². The first kappa shape index (κ1) is 17.1. The molecule has 7 heteroatoms. The second kappa shape index (κ2) is 7.09. The summed E-state index contributed by atoms with van der Waals surface area (Å²) in [6, 6.07) is 7.93. The van der Waals surface area contributed by atoms with Gasteiger partial charge in [-0.2, -0.15) is 0 Å². The molecule has 0 spiro atoms. The van der Waals surface area contributed by atoms with E-state index in [0.717, 1.165) is 28.3 Å². The van der Waals surface area contributed by atoms with Gasteiger partial charge in [-0.3, -0.25) is 14.3 Å². The molecule has 6 nitrogen and oxygen atoms in total. The lowest BCUT2D eigenvalue weighted by molar-refractivity contribution is 0.171. The topological polar surface area (TPSA) is 56.6 Å². The molecule has 1 aliphatic heterocycles. The zero-order chi connectivity index (χ0) is 18.1. The van der Waals surface area contributed by atoms with Crippen LogP contribution in [-0.2, 0) is 19.6 Å². The Labute approximate surface area is 155 Å². The van der Waals surface area contributed by atoms with Gasteiger partial charge in [0.15, 0.2) is 11.5 Å². The van der Waals surface area contributed by atoms with Crippen LogP contribution in [0.15, 0.2) is 35.4 Å². The Hall–Kier alpha value is -2.38. The van der Waals surface area contributed by atoms with Crippen LogP contribution in [0.2, 0.25) is 0 Å². The van der Waals surface area contributed by atoms with Crippen LogP contribution in [0.3, 0.4) is 0 Å². The average molecular weight is 371 g/mol. The van der Waals surface area contributed by atoms with Gasteiger partial charge in [-0.15, -0.1) is 11.3 Å². The molecular weight excluding hydrogens is 350 g/mol. The molecule has 0 bridgehead atoms. The molecule has 0 aliphatic carbocycles. The van der Waals surface area contributed by atoms with E-state index in [0.29, 0.717) is 31.8 Å². The van der Waals surface area contributed by atoms with Crippen molar-refractivity contribution in [2.24, 2.45) is 0 Å². The highest BCUT2D eigenvalue weighted by Crippen LogP contribution is 2.31. The smallest absolute Gasteiger partial charge is 0.263 e. The minimum atomic E-state index is 0.0139. The predicted molar refractivity (Wildman–Crippen MR) is 102 cm³/mol. The molecule has 1 aromatic carbocycles. The molecule has 0 atom stereocenters. The summed E-state index contributed by atoms with van der Waals surface area (Å²) in [6.07, 6.45) is 2.56. The molecule has 2 aromatic heterocycles. The van der Waals surface area contributed by atoms with E-state index >= 15 is 0 Å². The first-order valence-electron chi connectivity index (χ1n) is 8.69. The molecule has 1 aliphatic rings. The number of hydrogen-bond acceptors (Lipinski definition) is 6. The molecule has 4 rings (SSSR count). The maximum absolute atomic E-state index is 12.7. The van der Waals surface area contributed by atoms with E-state index in [2.05, 4.69) is 16.8 Å². The second-order valence-corrected chi connectivity index (χ2v) is 7.55. The molecule has 0 unspecified atom stereocenters. The number of fused-ring (bicyclic) bond motifs is 2. The molecule has 0 N–H and O–H groups in total. The normalized spacial score (nSPS) is 13.5. The van der Waals surface area contributed by atoms with E-state index < -0.39 is 0 Å². The van der Waals surface area contributed by atoms with E-state index in [-0.39, 0.29) is 5.56 Å². The van der Waals surface area contributed by atoms with Crippen LogP contribution in [-0.4, -0.2) is 34.7 Å². The Morgan fingerprint density at radius 2 is 2.04 bits per heavy atom. The van der Waals surface area contributed by atoms with Crippen molar-refractivity contribution < 1.29 is 9.47 Å². The van der Waals surface area contributed by atoms with Crippen LogP contribution in [0.25, 0.3) is 10.2 Å². The summed E-state index contributed by atoms with van der Waals surface area (Å²) in [6.45, 7) is 4.43. The third-order valence-electron chi connectivity index (χ3n) is 4.37. The van der Waals surface area contributed by atoms with Crippen LogP contribution in [0.4, 0.5) is 0 Å². The number of aromatic nitrogens is 2. The van der Waals surface area contributed by atoms with Crippen molar-refractivity contribution in [1.82, 2.24) is 14.5 Å². The van der Waals surface area contributed by atoms with Gasteiger partial charge in [0.25, 0.3) is 5.56 Å². The molecule has 0 saturated heterocycles. The quantitative estimate of drug-likeness (QED) is 0.690. The van der Waals surface area contributed by atoms with Crippen molar-refractivity contribution in [3.8, 4) is 11.5 Å². The highest BCUT2D eigenvalue weighted by atomic mass is 32.1. The number of thiophene rings is 1. The Bertz CT molecular complexity index is 995. The number of nitrogens with zero attached hydrogens (tertiary/aromatic N) is 3. The van der Waals surface area contributed by atoms with Gasteiger partial charge < -0.3 is 9.47 Å². The Morgan fingerprint density at radius 1 is 1.23 bits per heavy atom. The van der Waals surface area contributed by atoms with Crippen LogP contribution in [0.5, 0.6) is 11.5 Å². The van der Waals surface area contributed by atoms with Gasteiger partial charge in [0.05, 0.1) is 12.1 Å². The molecular formula is C19H21N3O3S. The van der Waals surface area contributed by atoms with Gasteiger partial charge in [-0.05, 0) is 37.2 Å². The van der Waals surface area contributed by atoms with Gasteiger partial charge in [0, 0.05) is 11.4 Å². The van der Waals surface area contributed by atoms with Crippen molar-refractivity contribution in [3.05, 3.63) is 51.4 Å². The lowest BCUT2D eigenvalue weighted by Gasteiger charge is -2.21. The molecule has 136 valence electrons. The second-order valence-electron chi connectivity index (χ2n) is 6.44. The minimum Gasteiger partial charge on any atom is -0.486 e. The molecule has 26 heavy (non-hydrogen) atoms. The largest absolute Gasteiger partial charge is 0.486 e.